The molecule has 1 N–H and O–H groups in total. The molecule has 114 valence electrons. The molecular weight excluding hydrogens is 274 g/mol. The number of carbonyl (C=O) groups is 1. The highest BCUT2D eigenvalue weighted by Crippen LogP contribution is 2.23. The predicted octanol–water partition coefficient (Wildman–Crippen LogP) is 3.59. The van der Waals surface area contributed by atoms with E-state index < -0.39 is 5.97 Å². The molecule has 0 aliphatic carbocycles. The van der Waals surface area contributed by atoms with Gasteiger partial charge in [-0.2, -0.15) is 0 Å². The number of carboxylic acid groups (broad SMARTS) is 1. The molecule has 0 bridgehead atoms. The van der Waals surface area contributed by atoms with Crippen LogP contribution in [0.3, 0.4) is 0 Å². The number of benzene rings is 2. The molecule has 2 aromatic carbocycles. The van der Waals surface area contributed by atoms with Crippen LogP contribution in [0.1, 0.15) is 34.3 Å². The van der Waals surface area contributed by atoms with Crippen molar-refractivity contribution in [3.8, 4) is 0 Å². The van der Waals surface area contributed by atoms with Gasteiger partial charge in [-0.3, -0.25) is 4.90 Å². The number of rotatable bonds is 5. The standard InChI is InChI=1S/C19H21NO2/c21-19(22)17-9-4-8-16(12-17)14-20-11-5-10-18(20)13-15-6-2-1-3-7-15/h1-4,6-9,12,18H,5,10-11,13-14H2,(H,21,22). The summed E-state index contributed by atoms with van der Waals surface area (Å²) in [6.45, 7) is 1.92. The van der Waals surface area contributed by atoms with Gasteiger partial charge in [0.15, 0.2) is 0 Å². The van der Waals surface area contributed by atoms with Crippen molar-refractivity contribution in [2.75, 3.05) is 6.54 Å². The summed E-state index contributed by atoms with van der Waals surface area (Å²) in [6, 6.07) is 18.4. The number of hydrogen-bond acceptors (Lipinski definition) is 2. The molecule has 1 fully saturated rings. The third-order valence-electron chi connectivity index (χ3n) is 4.37. The molecule has 1 atom stereocenters. The molecule has 0 radical (unpaired) electrons. The Bertz CT molecular complexity index is 639. The van der Waals surface area contributed by atoms with E-state index in [1.807, 2.05) is 18.2 Å². The third kappa shape index (κ3) is 3.55. The van der Waals surface area contributed by atoms with E-state index >= 15 is 0 Å². The van der Waals surface area contributed by atoms with Crippen LogP contribution < -0.4 is 0 Å². The Hall–Kier alpha value is -2.13. The average molecular weight is 295 g/mol. The molecule has 0 spiro atoms. The average Bonchev–Trinajstić information content (AvgIpc) is 2.95. The lowest BCUT2D eigenvalue weighted by atomic mass is 10.0. The summed E-state index contributed by atoms with van der Waals surface area (Å²) < 4.78 is 0. The van der Waals surface area contributed by atoms with Gasteiger partial charge in [0, 0.05) is 12.6 Å². The lowest BCUT2D eigenvalue weighted by Gasteiger charge is -2.24. The first-order valence-electron chi connectivity index (χ1n) is 7.82. The smallest absolute Gasteiger partial charge is 0.335 e. The summed E-state index contributed by atoms with van der Waals surface area (Å²) in [5, 5.41) is 9.10. The number of aromatic carboxylic acids is 1. The lowest BCUT2D eigenvalue weighted by Crippen LogP contribution is -2.30. The molecule has 3 heteroatoms. The molecule has 1 unspecified atom stereocenters. The van der Waals surface area contributed by atoms with Crippen molar-refractivity contribution in [2.24, 2.45) is 0 Å². The van der Waals surface area contributed by atoms with Crippen molar-refractivity contribution in [1.82, 2.24) is 4.90 Å². The van der Waals surface area contributed by atoms with Gasteiger partial charge in [0.25, 0.3) is 0 Å². The van der Waals surface area contributed by atoms with Gasteiger partial charge in [-0.25, -0.2) is 4.79 Å². The largest absolute Gasteiger partial charge is 0.478 e. The molecule has 1 aliphatic rings. The Morgan fingerprint density at radius 3 is 2.64 bits per heavy atom. The Morgan fingerprint density at radius 2 is 1.86 bits per heavy atom. The van der Waals surface area contributed by atoms with Crippen LogP contribution >= 0.6 is 0 Å². The zero-order valence-electron chi connectivity index (χ0n) is 12.6. The van der Waals surface area contributed by atoms with Crippen LogP contribution in [0.4, 0.5) is 0 Å². The first-order valence-corrected chi connectivity index (χ1v) is 7.82. The van der Waals surface area contributed by atoms with Crippen LogP contribution in [-0.4, -0.2) is 28.6 Å². The van der Waals surface area contributed by atoms with Crippen molar-refractivity contribution in [3.05, 3.63) is 71.3 Å². The molecule has 2 aromatic rings. The molecule has 1 heterocycles. The highest BCUT2D eigenvalue weighted by molar-refractivity contribution is 5.87. The second-order valence-corrected chi connectivity index (χ2v) is 5.96. The van der Waals surface area contributed by atoms with Crippen molar-refractivity contribution in [2.45, 2.75) is 31.8 Å². The first-order chi connectivity index (χ1) is 10.7. The Kier molecular flexibility index (Phi) is 4.54. The minimum absolute atomic E-state index is 0.372. The van der Waals surface area contributed by atoms with Gasteiger partial charge in [-0.15, -0.1) is 0 Å². The minimum Gasteiger partial charge on any atom is -0.478 e. The minimum atomic E-state index is -0.857. The highest BCUT2D eigenvalue weighted by atomic mass is 16.4. The van der Waals surface area contributed by atoms with Crippen LogP contribution in [0.2, 0.25) is 0 Å². The molecule has 3 nitrogen and oxygen atoms in total. The maximum atomic E-state index is 11.1. The van der Waals surface area contributed by atoms with Crippen LogP contribution in [0.5, 0.6) is 0 Å². The molecular formula is C19H21NO2. The van der Waals surface area contributed by atoms with Crippen molar-refractivity contribution in [3.63, 3.8) is 0 Å². The van der Waals surface area contributed by atoms with Crippen LogP contribution in [0, 0.1) is 0 Å². The van der Waals surface area contributed by atoms with Crippen molar-refractivity contribution < 1.29 is 9.90 Å². The Balaban J connectivity index is 1.68. The number of hydrogen-bond donors (Lipinski definition) is 1. The van der Waals surface area contributed by atoms with Gasteiger partial charge in [-0.1, -0.05) is 42.5 Å². The fourth-order valence-corrected chi connectivity index (χ4v) is 3.26. The second kappa shape index (κ2) is 6.75. The fraction of sp³-hybridized carbons (Fsp3) is 0.316. The van der Waals surface area contributed by atoms with Gasteiger partial charge in [-0.05, 0) is 49.1 Å². The molecule has 0 saturated carbocycles. The lowest BCUT2D eigenvalue weighted by molar-refractivity contribution is 0.0696. The molecule has 22 heavy (non-hydrogen) atoms. The van der Waals surface area contributed by atoms with E-state index in [0.717, 1.165) is 25.1 Å². The molecule has 0 amide bonds. The zero-order chi connectivity index (χ0) is 15.4. The van der Waals surface area contributed by atoms with E-state index in [2.05, 4.69) is 29.2 Å². The normalized spacial score (nSPS) is 18.5. The van der Waals surface area contributed by atoms with E-state index in [0.29, 0.717) is 11.6 Å². The monoisotopic (exact) mass is 295 g/mol. The van der Waals surface area contributed by atoms with Crippen molar-refractivity contribution >= 4 is 5.97 Å². The summed E-state index contributed by atoms with van der Waals surface area (Å²) in [4.78, 5) is 13.6. The van der Waals surface area contributed by atoms with Gasteiger partial charge >= 0.3 is 5.97 Å². The molecule has 1 aliphatic heterocycles. The van der Waals surface area contributed by atoms with Crippen LogP contribution in [0.15, 0.2) is 54.6 Å². The number of carboxylic acids is 1. The van der Waals surface area contributed by atoms with Crippen LogP contribution in [0.25, 0.3) is 0 Å². The van der Waals surface area contributed by atoms with Gasteiger partial charge in [0.1, 0.15) is 0 Å². The topological polar surface area (TPSA) is 40.5 Å². The van der Waals surface area contributed by atoms with Gasteiger partial charge in [0.05, 0.1) is 5.56 Å². The van der Waals surface area contributed by atoms with E-state index in [-0.39, 0.29) is 0 Å². The number of nitrogens with zero attached hydrogens (tertiary/aromatic N) is 1. The first kappa shape index (κ1) is 14.8. The van der Waals surface area contributed by atoms with Crippen molar-refractivity contribution in [1.29, 1.82) is 0 Å². The molecule has 0 aromatic heterocycles. The third-order valence-corrected chi connectivity index (χ3v) is 4.37. The van der Waals surface area contributed by atoms with Gasteiger partial charge in [0.2, 0.25) is 0 Å². The SMILES string of the molecule is O=C(O)c1cccc(CN2CCCC2Cc2ccccc2)c1. The summed E-state index contributed by atoms with van der Waals surface area (Å²) >= 11 is 0. The summed E-state index contributed by atoms with van der Waals surface area (Å²) in [6.07, 6.45) is 3.50. The van der Waals surface area contributed by atoms with E-state index in [1.165, 1.54) is 18.4 Å². The van der Waals surface area contributed by atoms with E-state index in [4.69, 9.17) is 5.11 Å². The second-order valence-electron chi connectivity index (χ2n) is 5.96. The molecule has 3 rings (SSSR count). The Morgan fingerprint density at radius 1 is 1.09 bits per heavy atom. The van der Waals surface area contributed by atoms with Crippen LogP contribution in [-0.2, 0) is 13.0 Å². The zero-order valence-corrected chi connectivity index (χ0v) is 12.6. The predicted molar refractivity (Wildman–Crippen MR) is 87.0 cm³/mol. The maximum absolute atomic E-state index is 11.1. The quantitative estimate of drug-likeness (QED) is 0.916. The summed E-state index contributed by atoms with van der Waals surface area (Å²) in [7, 11) is 0. The number of likely N-dealkylation sites (tertiary alicyclic amines) is 1. The fourth-order valence-electron chi connectivity index (χ4n) is 3.26. The van der Waals surface area contributed by atoms with Gasteiger partial charge < -0.3 is 5.11 Å². The Labute approximate surface area is 131 Å². The maximum Gasteiger partial charge on any atom is 0.335 e. The van der Waals surface area contributed by atoms with E-state index in [9.17, 15) is 4.79 Å². The molecule has 1 saturated heterocycles. The highest BCUT2D eigenvalue weighted by Gasteiger charge is 2.24. The van der Waals surface area contributed by atoms with E-state index in [1.54, 1.807) is 12.1 Å². The summed E-state index contributed by atoms with van der Waals surface area (Å²) in [5.41, 5.74) is 2.83. The summed E-state index contributed by atoms with van der Waals surface area (Å²) in [5.74, 6) is -0.857.